The molecule has 0 heterocycles. The Kier molecular flexibility index (Phi) is 10.7. The molecule has 2 amide bonds. The predicted octanol–water partition coefficient (Wildman–Crippen LogP) is 4.11. The molecule has 0 aromatic heterocycles. The second kappa shape index (κ2) is 13.5. The van der Waals surface area contributed by atoms with Gasteiger partial charge in [-0.25, -0.2) is 4.39 Å². The van der Waals surface area contributed by atoms with Gasteiger partial charge in [0.25, 0.3) is 0 Å². The molecule has 1 N–H and O–H groups in total. The molecule has 0 saturated heterocycles. The van der Waals surface area contributed by atoms with Gasteiger partial charge in [0.15, 0.2) is 0 Å². The fourth-order valence-electron chi connectivity index (χ4n) is 3.35. The van der Waals surface area contributed by atoms with Crippen LogP contribution in [0.3, 0.4) is 0 Å². The predicted molar refractivity (Wildman–Crippen MR) is 120 cm³/mol. The molecule has 0 aliphatic rings. The summed E-state index contributed by atoms with van der Waals surface area (Å²) in [7, 11) is 0. The summed E-state index contributed by atoms with van der Waals surface area (Å²) in [5, 5.41) is 2.96. The van der Waals surface area contributed by atoms with E-state index in [1.807, 2.05) is 44.2 Å². The van der Waals surface area contributed by atoms with Crippen molar-refractivity contribution in [1.82, 2.24) is 10.2 Å². The Morgan fingerprint density at radius 2 is 1.74 bits per heavy atom. The first-order valence-corrected chi connectivity index (χ1v) is 11.0. The van der Waals surface area contributed by atoms with Crippen LogP contribution in [0.1, 0.15) is 44.2 Å². The number of nitrogens with one attached hydrogen (secondary N) is 1. The Bertz CT molecular complexity index is 796. The van der Waals surface area contributed by atoms with E-state index in [-0.39, 0.29) is 24.2 Å². The fourth-order valence-corrected chi connectivity index (χ4v) is 3.35. The number of rotatable bonds is 13. The largest absolute Gasteiger partial charge is 0.382 e. The lowest BCUT2D eigenvalue weighted by Crippen LogP contribution is -2.50. The topological polar surface area (TPSA) is 58.6 Å². The molecule has 0 saturated carbocycles. The number of carbonyl (C=O) groups is 2. The summed E-state index contributed by atoms with van der Waals surface area (Å²) < 4.78 is 18.7. The molecular weight excluding hydrogens is 395 g/mol. The van der Waals surface area contributed by atoms with Crippen molar-refractivity contribution in [3.63, 3.8) is 0 Å². The van der Waals surface area contributed by atoms with Gasteiger partial charge in [0, 0.05) is 39.1 Å². The van der Waals surface area contributed by atoms with Crippen LogP contribution >= 0.6 is 0 Å². The lowest BCUT2D eigenvalue weighted by atomic mass is 10.0. The lowest BCUT2D eigenvalue weighted by molar-refractivity contribution is -0.141. The molecule has 0 spiro atoms. The van der Waals surface area contributed by atoms with Crippen molar-refractivity contribution in [2.45, 2.75) is 52.1 Å². The van der Waals surface area contributed by atoms with Crippen molar-refractivity contribution in [3.8, 4) is 0 Å². The first-order chi connectivity index (χ1) is 15.0. The summed E-state index contributed by atoms with van der Waals surface area (Å²) in [6.07, 6.45) is 2.16. The second-order valence-electron chi connectivity index (χ2n) is 7.45. The highest BCUT2D eigenvalue weighted by Gasteiger charge is 2.29. The number of carbonyl (C=O) groups excluding carboxylic acids is 2. The van der Waals surface area contributed by atoms with Crippen molar-refractivity contribution in [2.24, 2.45) is 0 Å². The zero-order chi connectivity index (χ0) is 22.5. The molecule has 0 aliphatic carbocycles. The maximum absolute atomic E-state index is 13.4. The summed E-state index contributed by atoms with van der Waals surface area (Å²) in [6, 6.07) is 15.1. The van der Waals surface area contributed by atoms with Crippen LogP contribution in [0, 0.1) is 5.82 Å². The van der Waals surface area contributed by atoms with Gasteiger partial charge in [0.2, 0.25) is 11.8 Å². The number of amides is 2. The summed E-state index contributed by atoms with van der Waals surface area (Å²) >= 11 is 0. The Labute approximate surface area is 184 Å². The van der Waals surface area contributed by atoms with E-state index in [1.54, 1.807) is 17.0 Å². The number of benzene rings is 2. The normalized spacial score (nSPS) is 11.7. The molecule has 6 heteroatoms. The van der Waals surface area contributed by atoms with Crippen LogP contribution in [0.5, 0.6) is 0 Å². The van der Waals surface area contributed by atoms with Gasteiger partial charge in [0.05, 0.1) is 0 Å². The van der Waals surface area contributed by atoms with Gasteiger partial charge in [-0.1, -0.05) is 49.4 Å². The Hall–Kier alpha value is -2.73. The average molecular weight is 429 g/mol. The Morgan fingerprint density at radius 3 is 2.39 bits per heavy atom. The van der Waals surface area contributed by atoms with E-state index in [2.05, 4.69) is 5.32 Å². The van der Waals surface area contributed by atoms with Crippen molar-refractivity contribution in [1.29, 1.82) is 0 Å². The molecule has 0 bridgehead atoms. The quantitative estimate of drug-likeness (QED) is 0.489. The highest BCUT2D eigenvalue weighted by molar-refractivity contribution is 5.88. The van der Waals surface area contributed by atoms with E-state index >= 15 is 0 Å². The molecule has 1 atom stereocenters. The molecule has 2 aromatic carbocycles. The number of nitrogens with zero attached hydrogens (tertiary/aromatic N) is 1. The fraction of sp³-hybridized carbons (Fsp3) is 0.440. The number of halogens is 1. The number of hydrogen-bond donors (Lipinski definition) is 1. The van der Waals surface area contributed by atoms with Gasteiger partial charge in [-0.05, 0) is 43.0 Å². The minimum Gasteiger partial charge on any atom is -0.382 e. The monoisotopic (exact) mass is 428 g/mol. The van der Waals surface area contributed by atoms with Crippen LogP contribution in [0.2, 0.25) is 0 Å². The van der Waals surface area contributed by atoms with Crippen molar-refractivity contribution in [3.05, 3.63) is 71.5 Å². The SMILES string of the molecule is CCCC(=O)N(Cc1ccc(F)cc1)C(Cc1ccccc1)C(=O)NCCCOCC. The third kappa shape index (κ3) is 8.50. The highest BCUT2D eigenvalue weighted by atomic mass is 19.1. The van der Waals surface area contributed by atoms with Gasteiger partial charge < -0.3 is 15.0 Å². The van der Waals surface area contributed by atoms with Gasteiger partial charge in [-0.2, -0.15) is 0 Å². The molecule has 168 valence electrons. The number of ether oxygens (including phenoxy) is 1. The van der Waals surface area contributed by atoms with Crippen LogP contribution in [-0.2, 0) is 27.3 Å². The third-order valence-electron chi connectivity index (χ3n) is 4.97. The van der Waals surface area contributed by atoms with E-state index in [0.717, 1.165) is 11.1 Å². The van der Waals surface area contributed by atoms with E-state index in [9.17, 15) is 14.0 Å². The van der Waals surface area contributed by atoms with E-state index in [1.165, 1.54) is 12.1 Å². The van der Waals surface area contributed by atoms with Gasteiger partial charge in [-0.15, -0.1) is 0 Å². The van der Waals surface area contributed by atoms with E-state index in [4.69, 9.17) is 4.74 Å². The zero-order valence-corrected chi connectivity index (χ0v) is 18.5. The molecule has 2 aromatic rings. The molecule has 0 fully saturated rings. The molecule has 5 nitrogen and oxygen atoms in total. The smallest absolute Gasteiger partial charge is 0.243 e. The second-order valence-corrected chi connectivity index (χ2v) is 7.45. The maximum Gasteiger partial charge on any atom is 0.243 e. The first-order valence-electron chi connectivity index (χ1n) is 11.0. The van der Waals surface area contributed by atoms with Crippen molar-refractivity contribution in [2.75, 3.05) is 19.8 Å². The summed E-state index contributed by atoms with van der Waals surface area (Å²) in [6.45, 7) is 5.82. The zero-order valence-electron chi connectivity index (χ0n) is 18.5. The third-order valence-corrected chi connectivity index (χ3v) is 4.97. The minimum absolute atomic E-state index is 0.0859. The first kappa shape index (κ1) is 24.5. The molecule has 0 radical (unpaired) electrons. The van der Waals surface area contributed by atoms with Crippen LogP contribution in [0.4, 0.5) is 4.39 Å². The molecular formula is C25H33FN2O3. The molecule has 0 aliphatic heterocycles. The lowest BCUT2D eigenvalue weighted by Gasteiger charge is -2.31. The van der Waals surface area contributed by atoms with Crippen LogP contribution in [-0.4, -0.2) is 42.5 Å². The summed E-state index contributed by atoms with van der Waals surface area (Å²) in [5.74, 6) is -0.604. The molecule has 31 heavy (non-hydrogen) atoms. The van der Waals surface area contributed by atoms with E-state index in [0.29, 0.717) is 45.4 Å². The Balaban J connectivity index is 2.23. The van der Waals surface area contributed by atoms with Crippen molar-refractivity contribution < 1.29 is 18.7 Å². The highest BCUT2D eigenvalue weighted by Crippen LogP contribution is 2.16. The average Bonchev–Trinajstić information content (AvgIpc) is 2.78. The Morgan fingerprint density at radius 1 is 1.03 bits per heavy atom. The van der Waals surface area contributed by atoms with Crippen LogP contribution in [0.15, 0.2) is 54.6 Å². The number of hydrogen-bond acceptors (Lipinski definition) is 3. The van der Waals surface area contributed by atoms with E-state index < -0.39 is 6.04 Å². The van der Waals surface area contributed by atoms with Crippen molar-refractivity contribution >= 4 is 11.8 Å². The standard InChI is InChI=1S/C25H33FN2O3/c1-3-9-24(29)28(19-21-12-14-22(26)15-13-21)23(18-20-10-6-5-7-11-20)25(30)27-16-8-17-31-4-2/h5-7,10-15,23H,3-4,8-9,16-19H2,1-2H3,(H,27,30). The molecule has 1 unspecified atom stereocenters. The summed E-state index contributed by atoms with van der Waals surface area (Å²) in [4.78, 5) is 27.8. The minimum atomic E-state index is -0.654. The van der Waals surface area contributed by atoms with Gasteiger partial charge in [-0.3, -0.25) is 9.59 Å². The summed E-state index contributed by atoms with van der Waals surface area (Å²) in [5.41, 5.74) is 1.76. The van der Waals surface area contributed by atoms with Gasteiger partial charge in [0.1, 0.15) is 11.9 Å². The molecule has 2 rings (SSSR count). The maximum atomic E-state index is 13.4. The van der Waals surface area contributed by atoms with Gasteiger partial charge >= 0.3 is 0 Å². The van der Waals surface area contributed by atoms with Crippen LogP contribution < -0.4 is 5.32 Å². The van der Waals surface area contributed by atoms with Crippen LogP contribution in [0.25, 0.3) is 0 Å².